The third-order valence-corrected chi connectivity index (χ3v) is 7.75. The summed E-state index contributed by atoms with van der Waals surface area (Å²) in [5, 5.41) is 9.37. The lowest BCUT2D eigenvalue weighted by Gasteiger charge is -2.41. The van der Waals surface area contributed by atoms with Crippen LogP contribution in [0.4, 0.5) is 11.4 Å². The lowest BCUT2D eigenvalue weighted by molar-refractivity contribution is 0.364. The molecule has 0 unspecified atom stereocenters. The fourth-order valence-electron chi connectivity index (χ4n) is 5.43. The van der Waals surface area contributed by atoms with Gasteiger partial charge in [0.05, 0.1) is 18.3 Å². The van der Waals surface area contributed by atoms with Crippen molar-refractivity contribution in [1.82, 2.24) is 9.55 Å². The molecule has 35 heavy (non-hydrogen) atoms. The van der Waals surface area contributed by atoms with Gasteiger partial charge in [-0.15, -0.1) is 0 Å². The van der Waals surface area contributed by atoms with Gasteiger partial charge < -0.3 is 19.1 Å². The van der Waals surface area contributed by atoms with Gasteiger partial charge >= 0.3 is 0 Å². The fraction of sp³-hybridized carbons (Fsp3) is 0.464. The number of hydrogen-bond acceptors (Lipinski definition) is 6. The van der Waals surface area contributed by atoms with Crippen LogP contribution in [-0.2, 0) is 7.05 Å². The van der Waals surface area contributed by atoms with E-state index in [-0.39, 0.29) is 5.56 Å². The van der Waals surface area contributed by atoms with Crippen LogP contribution in [0.2, 0.25) is 0 Å². The van der Waals surface area contributed by atoms with Crippen molar-refractivity contribution in [3.05, 3.63) is 58.5 Å². The first-order chi connectivity index (χ1) is 17.0. The van der Waals surface area contributed by atoms with Crippen molar-refractivity contribution in [2.75, 3.05) is 30.5 Å². The molecule has 0 spiro atoms. The zero-order chi connectivity index (χ0) is 24.5. The molecule has 7 nitrogen and oxygen atoms in total. The Labute approximate surface area is 206 Å². The third kappa shape index (κ3) is 4.70. The number of aryl methyl sites for hydroxylation is 1. The largest absolute Gasteiger partial charge is 0.497 e. The van der Waals surface area contributed by atoms with E-state index in [1.807, 2.05) is 12.1 Å². The van der Waals surface area contributed by atoms with Crippen molar-refractivity contribution < 1.29 is 4.74 Å². The molecule has 2 saturated carbocycles. The predicted octanol–water partition coefficient (Wildman–Crippen LogP) is 4.48. The number of methoxy groups -OCH3 is 1. The molecule has 7 heteroatoms. The smallest absolute Gasteiger partial charge is 0.252 e. The summed E-state index contributed by atoms with van der Waals surface area (Å²) in [5.41, 5.74) is 3.82. The highest BCUT2D eigenvalue weighted by Crippen LogP contribution is 2.37. The number of rotatable bonds is 7. The van der Waals surface area contributed by atoms with Gasteiger partial charge in [-0.05, 0) is 68.7 Å². The zero-order valence-electron chi connectivity index (χ0n) is 20.8. The minimum Gasteiger partial charge on any atom is -0.497 e. The summed E-state index contributed by atoms with van der Waals surface area (Å²) in [7, 11) is 5.53. The van der Waals surface area contributed by atoms with Crippen molar-refractivity contribution in [3.63, 3.8) is 0 Å². The van der Waals surface area contributed by atoms with Crippen LogP contribution in [-0.4, -0.2) is 42.3 Å². The molecule has 2 fully saturated rings. The first kappa shape index (κ1) is 23.2. The predicted molar refractivity (Wildman–Crippen MR) is 139 cm³/mol. The van der Waals surface area contributed by atoms with Gasteiger partial charge in [-0.25, -0.2) is 4.98 Å². The maximum Gasteiger partial charge on any atom is 0.252 e. The maximum absolute atomic E-state index is 12.7. The van der Waals surface area contributed by atoms with Crippen LogP contribution >= 0.6 is 0 Å². The van der Waals surface area contributed by atoms with Gasteiger partial charge in [-0.3, -0.25) is 4.79 Å². The number of ether oxygens (including phenoxy) is 1. The lowest BCUT2D eigenvalue weighted by Crippen LogP contribution is -2.44. The number of aromatic nitrogens is 2. The van der Waals surface area contributed by atoms with Crippen molar-refractivity contribution >= 4 is 22.4 Å². The first-order valence-corrected chi connectivity index (χ1v) is 12.5. The quantitative estimate of drug-likeness (QED) is 0.506. The Morgan fingerprint density at radius 3 is 2.51 bits per heavy atom. The number of anilines is 2. The Morgan fingerprint density at radius 2 is 1.83 bits per heavy atom. The molecule has 0 saturated heterocycles. The first-order valence-electron chi connectivity index (χ1n) is 12.5. The Kier molecular flexibility index (Phi) is 6.38. The standard InChI is InChI=1S/C28H33N5O2/c1-31(26-16-27(34)32(2)25-14-9-20(17-29)30-28(25)26)21-10-12-22(13-11-21)33(18-19-7-8-19)23-5-4-6-24(15-23)35-3/h4-6,9,14-16,19,21-22H,7-8,10-13,18H2,1-3H3/t21-,22+. The molecule has 0 aliphatic heterocycles. The number of pyridine rings is 2. The van der Waals surface area contributed by atoms with E-state index >= 15 is 0 Å². The number of fused-ring (bicyclic) bond motifs is 1. The molecule has 0 bridgehead atoms. The van der Waals surface area contributed by atoms with Gasteiger partial charge in [0.1, 0.15) is 23.0 Å². The number of benzene rings is 1. The molecule has 2 heterocycles. The minimum absolute atomic E-state index is 0.0619. The molecular formula is C28H33N5O2. The summed E-state index contributed by atoms with van der Waals surface area (Å²) in [4.78, 5) is 22.1. The van der Waals surface area contributed by atoms with E-state index in [0.29, 0.717) is 23.3 Å². The van der Waals surface area contributed by atoms with Crippen molar-refractivity contribution in [3.8, 4) is 11.8 Å². The van der Waals surface area contributed by atoms with Crippen molar-refractivity contribution in [1.29, 1.82) is 5.26 Å². The normalized spacial score (nSPS) is 19.8. The second kappa shape index (κ2) is 9.61. The van der Waals surface area contributed by atoms with Gasteiger partial charge in [0.25, 0.3) is 5.56 Å². The van der Waals surface area contributed by atoms with Crippen molar-refractivity contribution in [2.45, 2.75) is 50.6 Å². The highest BCUT2D eigenvalue weighted by Gasteiger charge is 2.32. The zero-order valence-corrected chi connectivity index (χ0v) is 20.8. The number of nitriles is 1. The summed E-state index contributed by atoms with van der Waals surface area (Å²) in [6.07, 6.45) is 6.93. The topological polar surface area (TPSA) is 74.4 Å². The molecule has 5 rings (SSSR count). The van der Waals surface area contributed by atoms with E-state index in [9.17, 15) is 10.1 Å². The van der Waals surface area contributed by atoms with Crippen LogP contribution in [0.15, 0.2) is 47.3 Å². The van der Waals surface area contributed by atoms with E-state index in [4.69, 9.17) is 4.74 Å². The number of nitrogens with zero attached hydrogens (tertiary/aromatic N) is 5. The van der Waals surface area contributed by atoms with Crippen molar-refractivity contribution in [2.24, 2.45) is 13.0 Å². The summed E-state index contributed by atoms with van der Waals surface area (Å²) in [6, 6.07) is 16.5. The van der Waals surface area contributed by atoms with E-state index in [1.165, 1.54) is 18.5 Å². The van der Waals surface area contributed by atoms with Gasteiger partial charge in [0, 0.05) is 50.5 Å². The monoisotopic (exact) mass is 471 g/mol. The van der Waals surface area contributed by atoms with E-state index in [0.717, 1.165) is 55.1 Å². The summed E-state index contributed by atoms with van der Waals surface area (Å²) < 4.78 is 7.09. The van der Waals surface area contributed by atoms with Gasteiger partial charge in [-0.1, -0.05) is 6.07 Å². The Balaban J connectivity index is 1.37. The minimum atomic E-state index is -0.0619. The average molecular weight is 472 g/mol. The van der Waals surface area contributed by atoms with Crippen LogP contribution in [0.3, 0.4) is 0 Å². The molecule has 0 amide bonds. The summed E-state index contributed by atoms with van der Waals surface area (Å²) >= 11 is 0. The third-order valence-electron chi connectivity index (χ3n) is 7.75. The molecule has 2 aliphatic rings. The van der Waals surface area contributed by atoms with Crippen LogP contribution < -0.4 is 20.1 Å². The Morgan fingerprint density at radius 1 is 1.09 bits per heavy atom. The van der Waals surface area contributed by atoms with Crippen LogP contribution in [0.5, 0.6) is 5.75 Å². The molecule has 0 N–H and O–H groups in total. The highest BCUT2D eigenvalue weighted by atomic mass is 16.5. The second-order valence-corrected chi connectivity index (χ2v) is 9.97. The van der Waals surface area contributed by atoms with E-state index in [2.05, 4.69) is 46.1 Å². The van der Waals surface area contributed by atoms with Crippen LogP contribution in [0.25, 0.3) is 11.0 Å². The molecule has 0 atom stereocenters. The fourth-order valence-corrected chi connectivity index (χ4v) is 5.43. The molecule has 1 aromatic carbocycles. The highest BCUT2D eigenvalue weighted by molar-refractivity contribution is 5.88. The number of hydrogen-bond donors (Lipinski definition) is 0. The van der Waals surface area contributed by atoms with Gasteiger partial charge in [0.2, 0.25) is 0 Å². The summed E-state index contributed by atoms with van der Waals surface area (Å²) in [6.45, 7) is 1.11. The van der Waals surface area contributed by atoms with E-state index < -0.39 is 0 Å². The van der Waals surface area contributed by atoms with Gasteiger partial charge in [0.15, 0.2) is 0 Å². The SMILES string of the molecule is COc1cccc(N(CC2CC2)[C@H]2CC[C@@H](N(C)c3cc(=O)n(C)c4ccc(C#N)nc34)CC2)c1. The molecular weight excluding hydrogens is 438 g/mol. The molecule has 3 aromatic rings. The van der Waals surface area contributed by atoms with Gasteiger partial charge in [-0.2, -0.15) is 5.26 Å². The summed E-state index contributed by atoms with van der Waals surface area (Å²) in [5.74, 6) is 1.70. The van der Waals surface area contributed by atoms with Crippen LogP contribution in [0, 0.1) is 17.2 Å². The van der Waals surface area contributed by atoms with Crippen LogP contribution in [0.1, 0.15) is 44.2 Å². The lowest BCUT2D eigenvalue weighted by atomic mass is 9.88. The molecule has 182 valence electrons. The van der Waals surface area contributed by atoms with E-state index in [1.54, 1.807) is 30.9 Å². The average Bonchev–Trinajstić information content (AvgIpc) is 3.73. The Hall–Kier alpha value is -3.53. The maximum atomic E-state index is 12.7. The Bertz CT molecular complexity index is 1320. The molecule has 2 aliphatic carbocycles. The molecule has 0 radical (unpaired) electrons. The second-order valence-electron chi connectivity index (χ2n) is 9.97. The molecule has 2 aromatic heterocycles.